The second kappa shape index (κ2) is 7.17. The van der Waals surface area contributed by atoms with Crippen molar-refractivity contribution in [1.29, 1.82) is 0 Å². The van der Waals surface area contributed by atoms with Gasteiger partial charge in [0.1, 0.15) is 4.47 Å². The molecular formula is C23H30BrN3O. The molecule has 4 bridgehead atoms. The number of benzene rings is 1. The molecule has 4 saturated carbocycles. The number of aromatic nitrogens is 2. The van der Waals surface area contributed by atoms with Crippen molar-refractivity contribution in [1.82, 2.24) is 14.7 Å². The first-order valence-corrected chi connectivity index (χ1v) is 11.6. The summed E-state index contributed by atoms with van der Waals surface area (Å²) in [5.74, 6) is 2.94. The summed E-state index contributed by atoms with van der Waals surface area (Å²) in [4.78, 5) is 12.9. The number of nitrogens with one attached hydrogen (secondary N) is 1. The van der Waals surface area contributed by atoms with Crippen molar-refractivity contribution < 1.29 is 0 Å². The minimum Gasteiger partial charge on any atom is -0.311 e. The third kappa shape index (κ3) is 3.11. The van der Waals surface area contributed by atoms with Gasteiger partial charge >= 0.3 is 0 Å². The summed E-state index contributed by atoms with van der Waals surface area (Å²) in [5, 5.41) is 3.76. The molecule has 0 spiro atoms. The second-order valence-corrected chi connectivity index (χ2v) is 10.2. The lowest BCUT2D eigenvalue weighted by Gasteiger charge is -2.57. The van der Waals surface area contributed by atoms with Crippen LogP contribution in [0.5, 0.6) is 0 Å². The molecule has 0 atom stereocenters. The van der Waals surface area contributed by atoms with Gasteiger partial charge in [-0.15, -0.1) is 0 Å². The van der Waals surface area contributed by atoms with E-state index in [0.29, 0.717) is 9.89 Å². The molecule has 4 fully saturated rings. The van der Waals surface area contributed by atoms with Crippen LogP contribution in [0.3, 0.4) is 0 Å². The molecule has 28 heavy (non-hydrogen) atoms. The van der Waals surface area contributed by atoms with E-state index in [-0.39, 0.29) is 5.56 Å². The third-order valence-electron chi connectivity index (χ3n) is 7.44. The quantitative estimate of drug-likeness (QED) is 0.700. The monoisotopic (exact) mass is 443 g/mol. The number of hydrogen-bond acceptors (Lipinski definition) is 2. The van der Waals surface area contributed by atoms with Crippen LogP contribution in [0.1, 0.15) is 51.1 Å². The highest BCUT2D eigenvalue weighted by molar-refractivity contribution is 9.10. The van der Waals surface area contributed by atoms with E-state index in [4.69, 9.17) is 0 Å². The lowest BCUT2D eigenvalue weighted by molar-refractivity contribution is -0.0515. The minimum absolute atomic E-state index is 0.0275. The highest BCUT2D eigenvalue weighted by atomic mass is 79.9. The van der Waals surface area contributed by atoms with E-state index in [9.17, 15) is 4.79 Å². The molecular weight excluding hydrogens is 414 g/mol. The van der Waals surface area contributed by atoms with Gasteiger partial charge in [-0.1, -0.05) is 18.2 Å². The Labute approximate surface area is 175 Å². The fourth-order valence-electron chi connectivity index (χ4n) is 6.84. The Morgan fingerprint density at radius 2 is 1.68 bits per heavy atom. The smallest absolute Gasteiger partial charge is 0.286 e. The Morgan fingerprint density at radius 3 is 2.25 bits per heavy atom. The van der Waals surface area contributed by atoms with Gasteiger partial charge in [0.15, 0.2) is 0 Å². The molecule has 0 saturated heterocycles. The fourth-order valence-corrected chi connectivity index (χ4v) is 7.35. The molecule has 150 valence electrons. The Morgan fingerprint density at radius 1 is 1.07 bits per heavy atom. The number of halogens is 1. The largest absolute Gasteiger partial charge is 0.311 e. The lowest BCUT2D eigenvalue weighted by Crippen LogP contribution is -2.50. The summed E-state index contributed by atoms with van der Waals surface area (Å²) in [6.45, 7) is 4.71. The van der Waals surface area contributed by atoms with E-state index in [0.717, 1.165) is 48.8 Å². The van der Waals surface area contributed by atoms with Gasteiger partial charge in [0.25, 0.3) is 5.56 Å². The molecule has 1 N–H and O–H groups in total. The Bertz CT molecular complexity index is 879. The summed E-state index contributed by atoms with van der Waals surface area (Å²) in [6, 6.07) is 9.93. The Balaban J connectivity index is 1.36. The van der Waals surface area contributed by atoms with Crippen LogP contribution in [-0.2, 0) is 13.1 Å². The number of para-hydroxylation sites is 1. The van der Waals surface area contributed by atoms with Gasteiger partial charge in [0.2, 0.25) is 0 Å². The highest BCUT2D eigenvalue weighted by Gasteiger charge is 2.50. The zero-order valence-electron chi connectivity index (χ0n) is 16.7. The van der Waals surface area contributed by atoms with Crippen LogP contribution in [0.15, 0.2) is 39.6 Å². The van der Waals surface area contributed by atoms with Gasteiger partial charge in [-0.05, 0) is 96.7 Å². The second-order valence-electron chi connectivity index (χ2n) is 9.45. The molecule has 1 aromatic heterocycles. The summed E-state index contributed by atoms with van der Waals surface area (Å²) in [6.07, 6.45) is 8.71. The summed E-state index contributed by atoms with van der Waals surface area (Å²) < 4.78 is 4.59. The summed E-state index contributed by atoms with van der Waals surface area (Å²) in [5.41, 5.74) is 2.52. The standard InChI is InChI=1S/C23H30BrN3O/c1-2-26-20(21(24)22(28)27(26)19-6-4-3-5-7-19)14-25-15-23-11-16-8-17(12-23)10-18(9-16)13-23/h3-7,16-18,25H,2,8-15H2,1H3. The zero-order chi connectivity index (χ0) is 19.3. The summed E-state index contributed by atoms with van der Waals surface area (Å²) >= 11 is 3.59. The maximum absolute atomic E-state index is 12.9. The topological polar surface area (TPSA) is 39.0 Å². The van der Waals surface area contributed by atoms with Crippen LogP contribution in [-0.4, -0.2) is 15.9 Å². The van der Waals surface area contributed by atoms with Crippen molar-refractivity contribution in [2.24, 2.45) is 23.2 Å². The van der Waals surface area contributed by atoms with E-state index in [2.05, 4.69) is 32.9 Å². The van der Waals surface area contributed by atoms with Gasteiger partial charge in [0.05, 0.1) is 11.4 Å². The van der Waals surface area contributed by atoms with E-state index in [1.807, 2.05) is 30.3 Å². The van der Waals surface area contributed by atoms with Crippen LogP contribution >= 0.6 is 15.9 Å². The zero-order valence-corrected chi connectivity index (χ0v) is 18.2. The van der Waals surface area contributed by atoms with Crippen molar-refractivity contribution in [3.63, 3.8) is 0 Å². The van der Waals surface area contributed by atoms with E-state index in [1.54, 1.807) is 4.68 Å². The Kier molecular flexibility index (Phi) is 4.79. The highest BCUT2D eigenvalue weighted by Crippen LogP contribution is 2.59. The average molecular weight is 444 g/mol. The first-order chi connectivity index (χ1) is 13.6. The van der Waals surface area contributed by atoms with Gasteiger partial charge in [-0.3, -0.25) is 9.48 Å². The van der Waals surface area contributed by atoms with Crippen LogP contribution in [0.25, 0.3) is 5.69 Å². The van der Waals surface area contributed by atoms with Crippen LogP contribution in [0.2, 0.25) is 0 Å². The van der Waals surface area contributed by atoms with E-state index < -0.39 is 0 Å². The van der Waals surface area contributed by atoms with Crippen molar-refractivity contribution >= 4 is 15.9 Å². The molecule has 0 aliphatic heterocycles. The Hall–Kier alpha value is -1.33. The molecule has 2 aromatic rings. The SMILES string of the molecule is CCn1c(CNCC23CC4CC(CC(C4)C2)C3)c(Br)c(=O)n1-c1ccccc1. The van der Waals surface area contributed by atoms with Crippen LogP contribution < -0.4 is 10.9 Å². The molecule has 6 rings (SSSR count). The lowest BCUT2D eigenvalue weighted by atomic mass is 9.49. The van der Waals surface area contributed by atoms with E-state index >= 15 is 0 Å². The van der Waals surface area contributed by atoms with Gasteiger partial charge in [0, 0.05) is 19.6 Å². The van der Waals surface area contributed by atoms with E-state index in [1.165, 1.54) is 38.5 Å². The minimum atomic E-state index is 0.0275. The molecule has 0 unspecified atom stereocenters. The van der Waals surface area contributed by atoms with Gasteiger partial charge < -0.3 is 5.32 Å². The number of hydrogen-bond donors (Lipinski definition) is 1. The normalized spacial score (nSPS) is 30.9. The van der Waals surface area contributed by atoms with Crippen molar-refractivity contribution in [2.45, 2.75) is 58.5 Å². The van der Waals surface area contributed by atoms with Gasteiger partial charge in [-0.25, -0.2) is 4.68 Å². The molecule has 1 aromatic carbocycles. The predicted molar refractivity (Wildman–Crippen MR) is 116 cm³/mol. The number of nitrogens with zero attached hydrogens (tertiary/aromatic N) is 2. The van der Waals surface area contributed by atoms with Crippen molar-refractivity contribution in [3.05, 3.63) is 50.9 Å². The maximum Gasteiger partial charge on any atom is 0.286 e. The maximum atomic E-state index is 12.9. The van der Waals surface area contributed by atoms with Crippen LogP contribution in [0, 0.1) is 23.2 Å². The summed E-state index contributed by atoms with van der Waals surface area (Å²) in [7, 11) is 0. The third-order valence-corrected chi connectivity index (χ3v) is 8.24. The molecule has 0 amide bonds. The molecule has 1 heterocycles. The molecule has 5 heteroatoms. The molecule has 4 aliphatic carbocycles. The first kappa shape index (κ1) is 18.7. The fraction of sp³-hybridized carbons (Fsp3) is 0.609. The van der Waals surface area contributed by atoms with Gasteiger partial charge in [-0.2, -0.15) is 0 Å². The van der Waals surface area contributed by atoms with Crippen molar-refractivity contribution in [2.75, 3.05) is 6.54 Å². The average Bonchev–Trinajstić information content (AvgIpc) is 2.92. The number of rotatable bonds is 6. The predicted octanol–water partition coefficient (Wildman–Crippen LogP) is 4.73. The van der Waals surface area contributed by atoms with Crippen LogP contribution in [0.4, 0.5) is 0 Å². The van der Waals surface area contributed by atoms with Crippen molar-refractivity contribution in [3.8, 4) is 5.69 Å². The first-order valence-electron chi connectivity index (χ1n) is 10.8. The molecule has 0 radical (unpaired) electrons. The molecule has 4 nitrogen and oxygen atoms in total. The molecule has 4 aliphatic rings.